The van der Waals surface area contributed by atoms with Gasteiger partial charge < -0.3 is 15.1 Å². The van der Waals surface area contributed by atoms with Crippen molar-refractivity contribution in [2.24, 2.45) is 0 Å². The third-order valence-electron chi connectivity index (χ3n) is 5.60. The Balaban J connectivity index is 0.00000136. The van der Waals surface area contributed by atoms with E-state index in [1.165, 1.54) is 12.0 Å². The topological polar surface area (TPSA) is 80.8 Å². The Morgan fingerprint density at radius 3 is 2.81 bits per heavy atom. The predicted octanol–water partition coefficient (Wildman–Crippen LogP) is 3.89. The fourth-order valence-corrected chi connectivity index (χ4v) is 4.25. The van der Waals surface area contributed by atoms with E-state index in [4.69, 9.17) is 4.42 Å². The molecule has 0 amide bonds. The average molecular weight is 461 g/mol. The molecular formula is C22H26Cl2N6O. The van der Waals surface area contributed by atoms with Gasteiger partial charge in [0.25, 0.3) is 0 Å². The third kappa shape index (κ3) is 5.25. The number of tetrazole rings is 1. The van der Waals surface area contributed by atoms with E-state index in [0.29, 0.717) is 18.6 Å². The molecule has 0 spiro atoms. The van der Waals surface area contributed by atoms with Crippen LogP contribution in [0.25, 0.3) is 11.0 Å². The van der Waals surface area contributed by atoms with Gasteiger partial charge in [0.15, 0.2) is 0 Å². The molecule has 4 aromatic rings. The van der Waals surface area contributed by atoms with Crippen molar-refractivity contribution in [1.29, 1.82) is 0 Å². The van der Waals surface area contributed by atoms with Gasteiger partial charge in [0, 0.05) is 29.6 Å². The summed E-state index contributed by atoms with van der Waals surface area (Å²) in [6.07, 6.45) is 5.72. The van der Waals surface area contributed by atoms with Crippen LogP contribution in [0.4, 0.5) is 0 Å². The maximum Gasteiger partial charge on any atom is 0.138 e. The first-order valence-corrected chi connectivity index (χ1v) is 10.1. The normalized spacial score (nSPS) is 18.3. The predicted molar refractivity (Wildman–Crippen MR) is 125 cm³/mol. The van der Waals surface area contributed by atoms with Crippen molar-refractivity contribution >= 4 is 35.8 Å². The molecule has 3 heterocycles. The molecule has 0 saturated carbocycles. The van der Waals surface area contributed by atoms with E-state index in [9.17, 15) is 0 Å². The SMILES string of the molecule is Cl.Cl.c1ccc([C@@H]2NCCC[C@@H]2NCc2cc(Cn3cnnn3)cc3ccoc23)cc1. The van der Waals surface area contributed by atoms with Gasteiger partial charge in [-0.3, -0.25) is 0 Å². The zero-order chi connectivity index (χ0) is 19.5. The van der Waals surface area contributed by atoms with Crippen molar-refractivity contribution in [1.82, 2.24) is 30.8 Å². The van der Waals surface area contributed by atoms with Crippen LogP contribution in [0, 0.1) is 0 Å². The van der Waals surface area contributed by atoms with Crippen LogP contribution in [0.5, 0.6) is 0 Å². The summed E-state index contributed by atoms with van der Waals surface area (Å²) in [6, 6.07) is 17.7. The molecule has 2 aromatic heterocycles. The van der Waals surface area contributed by atoms with Gasteiger partial charge in [-0.15, -0.1) is 29.9 Å². The summed E-state index contributed by atoms with van der Waals surface area (Å²) in [4.78, 5) is 0. The molecule has 0 radical (unpaired) electrons. The molecule has 31 heavy (non-hydrogen) atoms. The highest BCUT2D eigenvalue weighted by Crippen LogP contribution is 2.26. The van der Waals surface area contributed by atoms with E-state index in [-0.39, 0.29) is 24.8 Å². The highest BCUT2D eigenvalue weighted by Gasteiger charge is 2.25. The van der Waals surface area contributed by atoms with E-state index >= 15 is 0 Å². The summed E-state index contributed by atoms with van der Waals surface area (Å²) in [5.41, 5.74) is 4.59. The average Bonchev–Trinajstić information content (AvgIpc) is 3.45. The van der Waals surface area contributed by atoms with Gasteiger partial charge in [0.2, 0.25) is 0 Å². The molecule has 2 aromatic carbocycles. The molecule has 2 N–H and O–H groups in total. The smallest absolute Gasteiger partial charge is 0.138 e. The number of hydrogen-bond donors (Lipinski definition) is 2. The second kappa shape index (κ2) is 10.7. The number of nitrogens with one attached hydrogen (secondary N) is 2. The van der Waals surface area contributed by atoms with Crippen molar-refractivity contribution in [2.75, 3.05) is 6.54 Å². The Labute approximate surface area is 193 Å². The monoisotopic (exact) mass is 460 g/mol. The van der Waals surface area contributed by atoms with Gasteiger partial charge in [-0.2, -0.15) is 0 Å². The van der Waals surface area contributed by atoms with E-state index < -0.39 is 0 Å². The van der Waals surface area contributed by atoms with Crippen molar-refractivity contribution in [3.8, 4) is 0 Å². The molecule has 1 fully saturated rings. The van der Waals surface area contributed by atoms with E-state index in [1.807, 2.05) is 6.07 Å². The summed E-state index contributed by atoms with van der Waals surface area (Å²) in [7, 11) is 0. The van der Waals surface area contributed by atoms with Crippen LogP contribution in [0.2, 0.25) is 0 Å². The van der Waals surface area contributed by atoms with Crippen molar-refractivity contribution in [3.05, 3.63) is 77.8 Å². The molecule has 2 atom stereocenters. The molecule has 0 aliphatic carbocycles. The fraction of sp³-hybridized carbons (Fsp3) is 0.318. The Morgan fingerprint density at radius 2 is 2.00 bits per heavy atom. The molecule has 9 heteroatoms. The summed E-state index contributed by atoms with van der Waals surface area (Å²) in [5, 5.41) is 20.0. The maximum atomic E-state index is 5.79. The lowest BCUT2D eigenvalue weighted by molar-refractivity contribution is 0.304. The highest BCUT2D eigenvalue weighted by atomic mass is 35.5. The summed E-state index contributed by atoms with van der Waals surface area (Å²) >= 11 is 0. The number of halogens is 2. The summed E-state index contributed by atoms with van der Waals surface area (Å²) < 4.78 is 7.52. The zero-order valence-electron chi connectivity index (χ0n) is 17.0. The van der Waals surface area contributed by atoms with E-state index in [2.05, 4.69) is 68.6 Å². The molecular weight excluding hydrogens is 435 g/mol. The highest BCUT2D eigenvalue weighted by molar-refractivity contribution is 5.85. The number of piperidine rings is 1. The maximum absolute atomic E-state index is 5.79. The van der Waals surface area contributed by atoms with Gasteiger partial charge >= 0.3 is 0 Å². The minimum Gasteiger partial charge on any atom is -0.464 e. The van der Waals surface area contributed by atoms with Crippen LogP contribution >= 0.6 is 24.8 Å². The van der Waals surface area contributed by atoms with Gasteiger partial charge in [-0.05, 0) is 59.1 Å². The number of hydrogen-bond acceptors (Lipinski definition) is 6. The summed E-state index contributed by atoms with van der Waals surface area (Å²) in [5.74, 6) is 0. The minimum atomic E-state index is 0. The lowest BCUT2D eigenvalue weighted by atomic mass is 9.92. The Hall–Kier alpha value is -2.45. The van der Waals surface area contributed by atoms with Gasteiger partial charge in [-0.1, -0.05) is 30.3 Å². The summed E-state index contributed by atoms with van der Waals surface area (Å²) in [6.45, 7) is 2.45. The largest absolute Gasteiger partial charge is 0.464 e. The first-order chi connectivity index (χ1) is 14.4. The Kier molecular flexibility index (Phi) is 8.03. The van der Waals surface area contributed by atoms with Crippen LogP contribution in [-0.4, -0.2) is 32.8 Å². The quantitative estimate of drug-likeness (QED) is 0.454. The van der Waals surface area contributed by atoms with Crippen molar-refractivity contribution in [2.45, 2.75) is 38.0 Å². The fourth-order valence-electron chi connectivity index (χ4n) is 4.25. The molecule has 7 nitrogen and oxygen atoms in total. The van der Waals surface area contributed by atoms with Crippen molar-refractivity contribution in [3.63, 3.8) is 0 Å². The molecule has 1 aliphatic heterocycles. The number of aromatic nitrogens is 4. The number of rotatable bonds is 6. The number of fused-ring (bicyclic) bond motifs is 1. The van der Waals surface area contributed by atoms with Crippen LogP contribution < -0.4 is 10.6 Å². The van der Waals surface area contributed by atoms with Crippen molar-refractivity contribution < 1.29 is 4.42 Å². The number of furan rings is 1. The molecule has 5 rings (SSSR count). The standard InChI is InChI=1S/C22H24N6O.2ClH/c1-2-5-17(6-3-1)21-20(7-4-9-23-21)24-13-19-12-16(14-28-15-25-26-27-28)11-18-8-10-29-22(18)19;;/h1-3,5-6,8,10-12,15,20-21,23-24H,4,7,9,13-14H2;2*1H/t20-,21-;;/m0../s1. The lowest BCUT2D eigenvalue weighted by Crippen LogP contribution is -2.45. The van der Waals surface area contributed by atoms with Gasteiger partial charge in [-0.25, -0.2) is 4.68 Å². The third-order valence-corrected chi connectivity index (χ3v) is 5.60. The van der Waals surface area contributed by atoms with Gasteiger partial charge in [0.05, 0.1) is 12.8 Å². The number of nitrogens with zero attached hydrogens (tertiary/aromatic N) is 4. The molecule has 0 unspecified atom stereocenters. The molecule has 0 bridgehead atoms. The van der Waals surface area contributed by atoms with Gasteiger partial charge in [0.1, 0.15) is 11.9 Å². The van der Waals surface area contributed by atoms with Crippen LogP contribution in [-0.2, 0) is 13.1 Å². The second-order valence-electron chi connectivity index (χ2n) is 7.57. The van der Waals surface area contributed by atoms with E-state index in [0.717, 1.165) is 41.6 Å². The van der Waals surface area contributed by atoms with Crippen LogP contribution in [0.3, 0.4) is 0 Å². The molecule has 164 valence electrons. The second-order valence-corrected chi connectivity index (χ2v) is 7.57. The first kappa shape index (κ1) is 23.2. The zero-order valence-corrected chi connectivity index (χ0v) is 18.6. The first-order valence-electron chi connectivity index (χ1n) is 10.1. The molecule has 1 saturated heterocycles. The number of benzene rings is 2. The lowest BCUT2D eigenvalue weighted by Gasteiger charge is -2.34. The Morgan fingerprint density at radius 1 is 1.13 bits per heavy atom. The minimum absolute atomic E-state index is 0. The Bertz CT molecular complexity index is 1070. The molecule has 1 aliphatic rings. The van der Waals surface area contributed by atoms with Crippen LogP contribution in [0.15, 0.2) is 65.5 Å². The van der Waals surface area contributed by atoms with E-state index in [1.54, 1.807) is 17.3 Å². The van der Waals surface area contributed by atoms with Crippen LogP contribution in [0.1, 0.15) is 35.6 Å².